The summed E-state index contributed by atoms with van der Waals surface area (Å²) < 4.78 is 0. The van der Waals surface area contributed by atoms with Crippen molar-refractivity contribution in [2.45, 2.75) is 25.3 Å². The van der Waals surface area contributed by atoms with Gasteiger partial charge in [0.15, 0.2) is 0 Å². The van der Waals surface area contributed by atoms with Crippen molar-refractivity contribution < 1.29 is 9.90 Å². The SMILES string of the molecule is O=C(O)[C@@H]1CC(C2CC2)CN1. The number of hydrogen-bond acceptors (Lipinski definition) is 2. The lowest BCUT2D eigenvalue weighted by molar-refractivity contribution is -0.139. The summed E-state index contributed by atoms with van der Waals surface area (Å²) in [5.74, 6) is 0.802. The van der Waals surface area contributed by atoms with Crippen LogP contribution in [-0.4, -0.2) is 23.7 Å². The summed E-state index contributed by atoms with van der Waals surface area (Å²) in [6.07, 6.45) is 3.48. The van der Waals surface area contributed by atoms with Gasteiger partial charge in [-0.3, -0.25) is 4.79 Å². The molecule has 11 heavy (non-hydrogen) atoms. The molecule has 0 spiro atoms. The molecule has 2 atom stereocenters. The minimum absolute atomic E-state index is 0.263. The van der Waals surface area contributed by atoms with E-state index in [0.717, 1.165) is 18.9 Å². The van der Waals surface area contributed by atoms with Gasteiger partial charge in [0.05, 0.1) is 0 Å². The lowest BCUT2D eigenvalue weighted by Crippen LogP contribution is -2.29. The number of carboxylic acid groups (broad SMARTS) is 1. The third-order valence-corrected chi connectivity index (χ3v) is 2.75. The first-order valence-electron chi connectivity index (χ1n) is 4.23. The number of nitrogens with one attached hydrogen (secondary N) is 1. The summed E-state index contributed by atoms with van der Waals surface area (Å²) in [7, 11) is 0. The van der Waals surface area contributed by atoms with Gasteiger partial charge < -0.3 is 10.4 Å². The molecule has 1 aliphatic heterocycles. The molecule has 0 aromatic carbocycles. The second-order valence-electron chi connectivity index (χ2n) is 3.63. The van der Waals surface area contributed by atoms with Crippen LogP contribution in [-0.2, 0) is 4.79 Å². The van der Waals surface area contributed by atoms with E-state index in [1.165, 1.54) is 12.8 Å². The van der Waals surface area contributed by atoms with E-state index < -0.39 is 5.97 Å². The first-order valence-corrected chi connectivity index (χ1v) is 4.23. The van der Waals surface area contributed by atoms with E-state index in [1.54, 1.807) is 0 Å². The van der Waals surface area contributed by atoms with Crippen LogP contribution in [0.1, 0.15) is 19.3 Å². The van der Waals surface area contributed by atoms with Crippen LogP contribution in [0.4, 0.5) is 0 Å². The molecule has 0 aromatic heterocycles. The van der Waals surface area contributed by atoms with Gasteiger partial charge in [-0.2, -0.15) is 0 Å². The van der Waals surface area contributed by atoms with E-state index in [2.05, 4.69) is 5.32 Å². The van der Waals surface area contributed by atoms with Crippen LogP contribution in [0.25, 0.3) is 0 Å². The Morgan fingerprint density at radius 2 is 2.09 bits per heavy atom. The predicted molar refractivity (Wildman–Crippen MR) is 40.3 cm³/mol. The number of carboxylic acids is 1. The minimum Gasteiger partial charge on any atom is -0.480 e. The molecular formula is C8H13NO2. The number of hydrogen-bond donors (Lipinski definition) is 2. The van der Waals surface area contributed by atoms with Gasteiger partial charge in [-0.15, -0.1) is 0 Å². The van der Waals surface area contributed by atoms with Gasteiger partial charge >= 0.3 is 5.97 Å². The largest absolute Gasteiger partial charge is 0.480 e. The number of carbonyl (C=O) groups is 1. The Balaban J connectivity index is 1.87. The van der Waals surface area contributed by atoms with Gasteiger partial charge in [0.1, 0.15) is 6.04 Å². The fraction of sp³-hybridized carbons (Fsp3) is 0.875. The van der Waals surface area contributed by atoms with Crippen molar-refractivity contribution in [2.24, 2.45) is 11.8 Å². The summed E-state index contributed by atoms with van der Waals surface area (Å²) in [6, 6.07) is -0.263. The van der Waals surface area contributed by atoms with Crippen LogP contribution >= 0.6 is 0 Å². The molecule has 0 bridgehead atoms. The van der Waals surface area contributed by atoms with Crippen LogP contribution in [0.3, 0.4) is 0 Å². The average molecular weight is 155 g/mol. The van der Waals surface area contributed by atoms with Gasteiger partial charge in [-0.1, -0.05) is 0 Å². The van der Waals surface area contributed by atoms with E-state index in [1.807, 2.05) is 0 Å². The zero-order valence-electron chi connectivity index (χ0n) is 6.42. The smallest absolute Gasteiger partial charge is 0.320 e. The van der Waals surface area contributed by atoms with Crippen molar-refractivity contribution in [3.8, 4) is 0 Å². The summed E-state index contributed by atoms with van der Waals surface area (Å²) in [4.78, 5) is 10.5. The molecule has 2 rings (SSSR count). The van der Waals surface area contributed by atoms with Crippen molar-refractivity contribution in [2.75, 3.05) is 6.54 Å². The van der Waals surface area contributed by atoms with E-state index in [9.17, 15) is 4.79 Å². The van der Waals surface area contributed by atoms with Crippen LogP contribution in [0.15, 0.2) is 0 Å². The van der Waals surface area contributed by atoms with Crippen LogP contribution < -0.4 is 5.32 Å². The van der Waals surface area contributed by atoms with E-state index in [0.29, 0.717) is 5.92 Å². The highest BCUT2D eigenvalue weighted by Gasteiger charge is 2.38. The maximum atomic E-state index is 10.5. The third-order valence-electron chi connectivity index (χ3n) is 2.75. The average Bonchev–Trinajstić information content (AvgIpc) is 2.68. The zero-order valence-corrected chi connectivity index (χ0v) is 6.42. The van der Waals surface area contributed by atoms with Crippen LogP contribution in [0.5, 0.6) is 0 Å². The lowest BCUT2D eigenvalue weighted by Gasteiger charge is -2.03. The van der Waals surface area contributed by atoms with Crippen molar-refractivity contribution in [3.63, 3.8) is 0 Å². The van der Waals surface area contributed by atoms with Gasteiger partial charge in [0.2, 0.25) is 0 Å². The summed E-state index contributed by atoms with van der Waals surface area (Å²) in [5, 5.41) is 11.7. The molecule has 1 aliphatic carbocycles. The quantitative estimate of drug-likeness (QED) is 0.609. The molecule has 3 heteroatoms. The lowest BCUT2D eigenvalue weighted by atomic mass is 10.0. The van der Waals surface area contributed by atoms with Crippen molar-refractivity contribution in [1.82, 2.24) is 5.32 Å². The van der Waals surface area contributed by atoms with E-state index >= 15 is 0 Å². The highest BCUT2D eigenvalue weighted by molar-refractivity contribution is 5.73. The maximum absolute atomic E-state index is 10.5. The van der Waals surface area contributed by atoms with Gasteiger partial charge in [0.25, 0.3) is 0 Å². The van der Waals surface area contributed by atoms with E-state index in [-0.39, 0.29) is 6.04 Å². The second-order valence-corrected chi connectivity index (χ2v) is 3.63. The Labute approximate surface area is 65.8 Å². The predicted octanol–water partition coefficient (Wildman–Crippen LogP) is 0.459. The second kappa shape index (κ2) is 2.48. The number of rotatable bonds is 2. The third kappa shape index (κ3) is 1.38. The molecule has 1 unspecified atom stereocenters. The fourth-order valence-corrected chi connectivity index (χ4v) is 1.88. The Kier molecular flexibility index (Phi) is 1.60. The molecule has 2 N–H and O–H groups in total. The van der Waals surface area contributed by atoms with Crippen molar-refractivity contribution >= 4 is 5.97 Å². The van der Waals surface area contributed by atoms with Gasteiger partial charge in [0, 0.05) is 0 Å². The molecular weight excluding hydrogens is 142 g/mol. The molecule has 3 nitrogen and oxygen atoms in total. The Morgan fingerprint density at radius 3 is 2.55 bits per heavy atom. The summed E-state index contributed by atoms with van der Waals surface area (Å²) >= 11 is 0. The molecule has 0 aromatic rings. The first-order chi connectivity index (χ1) is 5.27. The maximum Gasteiger partial charge on any atom is 0.320 e. The molecule has 0 radical (unpaired) electrons. The van der Waals surface area contributed by atoms with Crippen molar-refractivity contribution in [1.29, 1.82) is 0 Å². The summed E-state index contributed by atoms with van der Waals surface area (Å²) in [5.41, 5.74) is 0. The topological polar surface area (TPSA) is 49.3 Å². The fourth-order valence-electron chi connectivity index (χ4n) is 1.88. The Bertz CT molecular complexity index is 177. The van der Waals surface area contributed by atoms with E-state index in [4.69, 9.17) is 5.11 Å². The zero-order chi connectivity index (χ0) is 7.84. The van der Waals surface area contributed by atoms with Crippen LogP contribution in [0.2, 0.25) is 0 Å². The number of aliphatic carboxylic acids is 1. The molecule has 1 heterocycles. The summed E-state index contributed by atoms with van der Waals surface area (Å²) in [6.45, 7) is 0.918. The standard InChI is InChI=1S/C8H13NO2/c10-8(11)7-3-6(4-9-7)5-1-2-5/h5-7,9H,1-4H2,(H,10,11)/t6?,7-/m0/s1. The highest BCUT2D eigenvalue weighted by atomic mass is 16.4. The first kappa shape index (κ1) is 7.10. The highest BCUT2D eigenvalue weighted by Crippen LogP contribution is 2.40. The Hall–Kier alpha value is -0.570. The van der Waals surface area contributed by atoms with Gasteiger partial charge in [-0.25, -0.2) is 0 Å². The van der Waals surface area contributed by atoms with Crippen LogP contribution in [0, 0.1) is 11.8 Å². The molecule has 0 amide bonds. The Morgan fingerprint density at radius 1 is 1.36 bits per heavy atom. The molecule has 1 saturated carbocycles. The van der Waals surface area contributed by atoms with Crippen molar-refractivity contribution in [3.05, 3.63) is 0 Å². The molecule has 2 fully saturated rings. The monoisotopic (exact) mass is 155 g/mol. The molecule has 2 aliphatic rings. The molecule has 1 saturated heterocycles. The minimum atomic E-state index is -0.687. The van der Waals surface area contributed by atoms with Gasteiger partial charge in [-0.05, 0) is 37.6 Å². The molecule has 62 valence electrons. The normalized spacial score (nSPS) is 37.5.